The van der Waals surface area contributed by atoms with E-state index in [1.807, 2.05) is 56.3 Å². The van der Waals surface area contributed by atoms with Gasteiger partial charge in [0.05, 0.1) is 17.1 Å². The zero-order valence-electron chi connectivity index (χ0n) is 20.8. The Balaban J connectivity index is 1.45. The zero-order valence-corrected chi connectivity index (χ0v) is 20.8. The SMILES string of the molecule is Cc1ccc(NC(=O)[C@H](C#N)c2nc3ccccc3nc2N2CCN(c3ccc(F)cc3)CC2)cc1C. The molecule has 1 atom stereocenters. The van der Waals surface area contributed by atoms with E-state index in [1.54, 1.807) is 12.1 Å². The quantitative estimate of drug-likeness (QED) is 0.422. The molecule has 1 aromatic heterocycles. The molecule has 186 valence electrons. The molecule has 1 N–H and O–H groups in total. The molecule has 1 aliphatic heterocycles. The lowest BCUT2D eigenvalue weighted by Gasteiger charge is -2.37. The summed E-state index contributed by atoms with van der Waals surface area (Å²) in [7, 11) is 0. The van der Waals surface area contributed by atoms with Crippen molar-refractivity contribution < 1.29 is 9.18 Å². The Bertz CT molecular complexity index is 1490. The van der Waals surface area contributed by atoms with Gasteiger partial charge in [0, 0.05) is 37.6 Å². The molecule has 7 nitrogen and oxygen atoms in total. The minimum Gasteiger partial charge on any atom is -0.368 e. The number of anilines is 3. The second-order valence-electron chi connectivity index (χ2n) is 9.22. The molecule has 0 aliphatic carbocycles. The molecule has 3 aromatic carbocycles. The highest BCUT2D eigenvalue weighted by atomic mass is 19.1. The highest BCUT2D eigenvalue weighted by molar-refractivity contribution is 5.98. The van der Waals surface area contributed by atoms with Gasteiger partial charge in [0.25, 0.3) is 0 Å². The largest absolute Gasteiger partial charge is 0.368 e. The van der Waals surface area contributed by atoms with Gasteiger partial charge in [0.1, 0.15) is 11.5 Å². The summed E-state index contributed by atoms with van der Waals surface area (Å²) in [5.41, 5.74) is 5.44. The van der Waals surface area contributed by atoms with Crippen molar-refractivity contribution in [2.45, 2.75) is 19.8 Å². The fourth-order valence-corrected chi connectivity index (χ4v) is 4.54. The van der Waals surface area contributed by atoms with Crippen LogP contribution in [0.4, 0.5) is 21.6 Å². The Labute approximate surface area is 215 Å². The number of amides is 1. The predicted octanol–water partition coefficient (Wildman–Crippen LogP) is 4.96. The van der Waals surface area contributed by atoms with Gasteiger partial charge < -0.3 is 15.1 Å². The number of nitrogens with zero attached hydrogens (tertiary/aromatic N) is 5. The summed E-state index contributed by atoms with van der Waals surface area (Å²) in [6, 6.07) is 21.7. The number of nitrogens with one attached hydrogen (secondary N) is 1. The lowest BCUT2D eigenvalue weighted by molar-refractivity contribution is -0.116. The van der Waals surface area contributed by atoms with Gasteiger partial charge in [-0.3, -0.25) is 4.79 Å². The van der Waals surface area contributed by atoms with Gasteiger partial charge in [-0.15, -0.1) is 0 Å². The van der Waals surface area contributed by atoms with Crippen molar-refractivity contribution in [3.63, 3.8) is 0 Å². The molecule has 1 fully saturated rings. The van der Waals surface area contributed by atoms with Crippen molar-refractivity contribution in [2.75, 3.05) is 41.3 Å². The Morgan fingerprint density at radius 1 is 0.919 bits per heavy atom. The van der Waals surface area contributed by atoms with Crippen LogP contribution in [0.15, 0.2) is 66.7 Å². The van der Waals surface area contributed by atoms with Crippen LogP contribution in [-0.4, -0.2) is 42.1 Å². The molecule has 0 bridgehead atoms. The van der Waals surface area contributed by atoms with Gasteiger partial charge in [-0.2, -0.15) is 5.26 Å². The molecule has 4 aromatic rings. The third kappa shape index (κ3) is 5.07. The average molecular weight is 495 g/mol. The predicted molar refractivity (Wildman–Crippen MR) is 143 cm³/mol. The number of hydrogen-bond acceptors (Lipinski definition) is 6. The van der Waals surface area contributed by atoms with Crippen LogP contribution in [0.2, 0.25) is 0 Å². The number of carbonyl (C=O) groups excluding carboxylic acids is 1. The molecule has 0 radical (unpaired) electrons. The van der Waals surface area contributed by atoms with E-state index in [2.05, 4.69) is 21.2 Å². The van der Waals surface area contributed by atoms with E-state index in [4.69, 9.17) is 9.97 Å². The fourth-order valence-electron chi connectivity index (χ4n) is 4.54. The third-order valence-electron chi connectivity index (χ3n) is 6.79. The molecule has 1 amide bonds. The molecule has 0 unspecified atom stereocenters. The fraction of sp³-hybridized carbons (Fsp3) is 0.241. The van der Waals surface area contributed by atoms with E-state index in [0.717, 1.165) is 16.8 Å². The van der Waals surface area contributed by atoms with Gasteiger partial charge in [-0.25, -0.2) is 14.4 Å². The van der Waals surface area contributed by atoms with Gasteiger partial charge in [-0.05, 0) is 73.5 Å². The Morgan fingerprint density at radius 2 is 1.57 bits per heavy atom. The number of rotatable bonds is 5. The van der Waals surface area contributed by atoms with Gasteiger partial charge in [0.15, 0.2) is 11.7 Å². The lowest BCUT2D eigenvalue weighted by Crippen LogP contribution is -2.47. The molecule has 0 saturated carbocycles. The number of nitriles is 1. The summed E-state index contributed by atoms with van der Waals surface area (Å²) >= 11 is 0. The molecule has 1 saturated heterocycles. The normalized spacial score (nSPS) is 14.3. The summed E-state index contributed by atoms with van der Waals surface area (Å²) in [4.78, 5) is 27.2. The minimum atomic E-state index is -1.14. The topological polar surface area (TPSA) is 85.1 Å². The van der Waals surface area contributed by atoms with Crippen LogP contribution in [0.5, 0.6) is 0 Å². The van der Waals surface area contributed by atoms with Crippen LogP contribution in [-0.2, 0) is 4.79 Å². The maximum Gasteiger partial charge on any atom is 0.248 e. The first-order chi connectivity index (χ1) is 17.9. The van der Waals surface area contributed by atoms with E-state index in [0.29, 0.717) is 54.4 Å². The summed E-state index contributed by atoms with van der Waals surface area (Å²) in [6.45, 7) is 6.59. The van der Waals surface area contributed by atoms with Gasteiger partial charge >= 0.3 is 0 Å². The smallest absolute Gasteiger partial charge is 0.248 e. The highest BCUT2D eigenvalue weighted by Crippen LogP contribution is 2.30. The molecule has 0 spiro atoms. The number of piperazine rings is 1. The second-order valence-corrected chi connectivity index (χ2v) is 9.22. The zero-order chi connectivity index (χ0) is 25.9. The van der Waals surface area contributed by atoms with Crippen LogP contribution in [0, 0.1) is 31.0 Å². The molecule has 1 aliphatic rings. The summed E-state index contributed by atoms with van der Waals surface area (Å²) in [5.74, 6) is -1.30. The van der Waals surface area contributed by atoms with E-state index in [9.17, 15) is 14.4 Å². The number of hydrogen-bond donors (Lipinski definition) is 1. The van der Waals surface area contributed by atoms with E-state index in [1.165, 1.54) is 12.1 Å². The number of carbonyl (C=O) groups is 1. The van der Waals surface area contributed by atoms with Crippen molar-refractivity contribution in [3.05, 3.63) is 89.4 Å². The first-order valence-corrected chi connectivity index (χ1v) is 12.2. The van der Waals surface area contributed by atoms with Crippen molar-refractivity contribution in [2.24, 2.45) is 0 Å². The van der Waals surface area contributed by atoms with Crippen molar-refractivity contribution in [1.29, 1.82) is 5.26 Å². The van der Waals surface area contributed by atoms with Crippen LogP contribution in [0.25, 0.3) is 11.0 Å². The number of benzene rings is 3. The number of fused-ring (bicyclic) bond motifs is 1. The highest BCUT2D eigenvalue weighted by Gasteiger charge is 2.30. The summed E-state index contributed by atoms with van der Waals surface area (Å²) in [6.07, 6.45) is 0. The Kier molecular flexibility index (Phi) is 6.69. The average Bonchev–Trinajstić information content (AvgIpc) is 2.91. The van der Waals surface area contributed by atoms with Crippen molar-refractivity contribution in [3.8, 4) is 6.07 Å². The monoisotopic (exact) mass is 494 g/mol. The van der Waals surface area contributed by atoms with Crippen LogP contribution >= 0.6 is 0 Å². The van der Waals surface area contributed by atoms with Gasteiger partial charge in [-0.1, -0.05) is 18.2 Å². The molecule has 5 rings (SSSR count). The molecular formula is C29H27FN6O. The molecule has 2 heterocycles. The number of aromatic nitrogens is 2. The van der Waals surface area contributed by atoms with Crippen LogP contribution in [0.1, 0.15) is 22.7 Å². The van der Waals surface area contributed by atoms with Crippen LogP contribution in [0.3, 0.4) is 0 Å². The van der Waals surface area contributed by atoms with E-state index < -0.39 is 11.8 Å². The summed E-state index contributed by atoms with van der Waals surface area (Å²) in [5, 5.41) is 13.0. The maximum atomic E-state index is 13.4. The Hall–Kier alpha value is -4.51. The molecule has 37 heavy (non-hydrogen) atoms. The lowest BCUT2D eigenvalue weighted by atomic mass is 10.0. The van der Waals surface area contributed by atoms with Crippen molar-refractivity contribution in [1.82, 2.24) is 9.97 Å². The van der Waals surface area contributed by atoms with Crippen molar-refractivity contribution >= 4 is 34.1 Å². The number of halogens is 1. The Morgan fingerprint density at radius 3 is 2.22 bits per heavy atom. The number of para-hydroxylation sites is 2. The third-order valence-corrected chi connectivity index (χ3v) is 6.79. The first-order valence-electron chi connectivity index (χ1n) is 12.2. The standard InChI is InChI=1S/C29H27FN6O/c1-19-7-10-22(17-20(19)2)32-29(37)24(18-31)27-28(34-26-6-4-3-5-25(26)33-27)36-15-13-35(14-16-36)23-11-8-21(30)9-12-23/h3-12,17,24H,13-16H2,1-2H3,(H,32,37)/t24-/m1/s1. The van der Waals surface area contributed by atoms with Gasteiger partial charge in [0.2, 0.25) is 5.91 Å². The van der Waals surface area contributed by atoms with E-state index >= 15 is 0 Å². The minimum absolute atomic E-state index is 0.264. The maximum absolute atomic E-state index is 13.4. The first kappa shape index (κ1) is 24.2. The molecular weight excluding hydrogens is 467 g/mol. The number of aryl methyl sites for hydroxylation is 2. The molecule has 8 heteroatoms. The van der Waals surface area contributed by atoms with Crippen LogP contribution < -0.4 is 15.1 Å². The van der Waals surface area contributed by atoms with E-state index in [-0.39, 0.29) is 5.82 Å². The summed E-state index contributed by atoms with van der Waals surface area (Å²) < 4.78 is 13.4. The second kappa shape index (κ2) is 10.2.